The quantitative estimate of drug-likeness (QED) is 0.581. The van der Waals surface area contributed by atoms with Crippen LogP contribution in [0.5, 0.6) is 0 Å². The maximum atomic E-state index is 12.5. The number of amides is 1. The first-order chi connectivity index (χ1) is 14.6. The third-order valence-electron chi connectivity index (χ3n) is 4.78. The normalized spacial score (nSPS) is 13.8. The lowest BCUT2D eigenvalue weighted by atomic mass is 10.0. The summed E-state index contributed by atoms with van der Waals surface area (Å²) < 4.78 is 5.45. The topological polar surface area (TPSA) is 61.8 Å². The molecule has 0 aromatic heterocycles. The molecule has 2 atom stereocenters. The smallest absolute Gasteiger partial charge is 0.407 e. The number of nitrogens with one attached hydrogen (secondary N) is 1. The Morgan fingerprint density at radius 1 is 0.968 bits per heavy atom. The maximum Gasteiger partial charge on any atom is 0.407 e. The number of ether oxygens (including phenoxy) is 1. The molecule has 0 heterocycles. The van der Waals surface area contributed by atoms with Crippen LogP contribution in [0.1, 0.15) is 45.7 Å². The Morgan fingerprint density at radius 2 is 1.52 bits per heavy atom. The molecule has 0 aliphatic carbocycles. The Morgan fingerprint density at radius 3 is 2.03 bits per heavy atom. The molecule has 0 bridgehead atoms. The lowest BCUT2D eigenvalue weighted by Gasteiger charge is -2.32. The van der Waals surface area contributed by atoms with Gasteiger partial charge in [0, 0.05) is 19.6 Å². The molecular formula is C26H38N2O3. The van der Waals surface area contributed by atoms with E-state index < -0.39 is 23.8 Å². The van der Waals surface area contributed by atoms with E-state index in [1.165, 1.54) is 5.56 Å². The van der Waals surface area contributed by atoms with Crippen molar-refractivity contribution in [3.8, 4) is 0 Å². The standard InChI is InChI=1S/C26H38N2O3/c1-20(2)17-28(18-22-14-10-7-11-15-22)19-24(29)23(16-21-12-8-6-9-13-21)27-25(30)31-26(3,4)5/h6-15,20,23-24,29H,16-19H2,1-5H3,(H,27,30). The number of carbonyl (C=O) groups excluding carboxylic acids is 1. The molecule has 2 aromatic rings. The molecule has 170 valence electrons. The summed E-state index contributed by atoms with van der Waals surface area (Å²) in [6, 6.07) is 19.7. The molecular weight excluding hydrogens is 388 g/mol. The Bertz CT molecular complexity index is 772. The molecule has 0 fully saturated rings. The van der Waals surface area contributed by atoms with Gasteiger partial charge in [-0.15, -0.1) is 0 Å². The first kappa shape index (κ1) is 24.9. The van der Waals surface area contributed by atoms with Crippen LogP contribution >= 0.6 is 0 Å². The van der Waals surface area contributed by atoms with Gasteiger partial charge in [0.05, 0.1) is 12.1 Å². The lowest BCUT2D eigenvalue weighted by Crippen LogP contribution is -2.50. The SMILES string of the molecule is CC(C)CN(Cc1ccccc1)CC(O)C(Cc1ccccc1)NC(=O)OC(C)(C)C. The molecule has 0 saturated carbocycles. The molecule has 2 rings (SSSR count). The summed E-state index contributed by atoms with van der Waals surface area (Å²) in [6.07, 6.45) is -0.719. The molecule has 2 aromatic carbocycles. The van der Waals surface area contributed by atoms with Crippen LogP contribution < -0.4 is 5.32 Å². The zero-order chi connectivity index (χ0) is 22.9. The molecule has 0 aliphatic rings. The fraction of sp³-hybridized carbons (Fsp3) is 0.500. The predicted octanol–water partition coefficient (Wildman–Crippen LogP) is 4.64. The van der Waals surface area contributed by atoms with Crippen LogP contribution in [0.2, 0.25) is 0 Å². The van der Waals surface area contributed by atoms with Gasteiger partial charge < -0.3 is 15.2 Å². The number of aliphatic hydroxyl groups excluding tert-OH is 1. The second-order valence-electron chi connectivity index (χ2n) is 9.58. The molecule has 1 amide bonds. The summed E-state index contributed by atoms with van der Waals surface area (Å²) in [7, 11) is 0. The largest absolute Gasteiger partial charge is 0.444 e. The van der Waals surface area contributed by atoms with Crippen LogP contribution in [-0.4, -0.2) is 46.9 Å². The summed E-state index contributed by atoms with van der Waals surface area (Å²) in [5.41, 5.74) is 1.67. The minimum atomic E-state index is -0.741. The highest BCUT2D eigenvalue weighted by Crippen LogP contribution is 2.14. The van der Waals surface area contributed by atoms with E-state index in [4.69, 9.17) is 4.74 Å². The van der Waals surface area contributed by atoms with Crippen molar-refractivity contribution in [1.82, 2.24) is 10.2 Å². The van der Waals surface area contributed by atoms with Crippen molar-refractivity contribution in [1.29, 1.82) is 0 Å². The van der Waals surface area contributed by atoms with Crippen molar-refractivity contribution in [2.24, 2.45) is 5.92 Å². The van der Waals surface area contributed by atoms with E-state index in [0.29, 0.717) is 18.9 Å². The predicted molar refractivity (Wildman–Crippen MR) is 126 cm³/mol. The minimum absolute atomic E-state index is 0.456. The summed E-state index contributed by atoms with van der Waals surface area (Å²) in [5.74, 6) is 0.460. The second kappa shape index (κ2) is 11.9. The van der Waals surface area contributed by atoms with Crippen LogP contribution in [0.4, 0.5) is 4.79 Å². The molecule has 0 radical (unpaired) electrons. The van der Waals surface area contributed by atoms with Crippen molar-refractivity contribution < 1.29 is 14.6 Å². The highest BCUT2D eigenvalue weighted by atomic mass is 16.6. The number of carbonyl (C=O) groups is 1. The van der Waals surface area contributed by atoms with Gasteiger partial charge in [-0.1, -0.05) is 74.5 Å². The van der Waals surface area contributed by atoms with Gasteiger partial charge in [-0.2, -0.15) is 0 Å². The maximum absolute atomic E-state index is 12.5. The van der Waals surface area contributed by atoms with Crippen LogP contribution in [0.15, 0.2) is 60.7 Å². The number of aliphatic hydroxyl groups is 1. The highest BCUT2D eigenvalue weighted by molar-refractivity contribution is 5.68. The first-order valence-corrected chi connectivity index (χ1v) is 11.1. The average Bonchev–Trinajstić information content (AvgIpc) is 2.67. The van der Waals surface area contributed by atoms with E-state index >= 15 is 0 Å². The van der Waals surface area contributed by atoms with Gasteiger partial charge in [0.25, 0.3) is 0 Å². The second-order valence-corrected chi connectivity index (χ2v) is 9.58. The van der Waals surface area contributed by atoms with Gasteiger partial charge in [0.1, 0.15) is 5.60 Å². The monoisotopic (exact) mass is 426 g/mol. The van der Waals surface area contributed by atoms with Gasteiger partial charge in [0.15, 0.2) is 0 Å². The average molecular weight is 427 g/mol. The van der Waals surface area contributed by atoms with Crippen molar-refractivity contribution in [3.05, 3.63) is 71.8 Å². The third kappa shape index (κ3) is 9.99. The van der Waals surface area contributed by atoms with Gasteiger partial charge in [-0.25, -0.2) is 4.79 Å². The summed E-state index contributed by atoms with van der Waals surface area (Å²) in [5, 5.41) is 14.1. The van der Waals surface area contributed by atoms with Crippen molar-refractivity contribution in [2.45, 2.75) is 65.3 Å². The van der Waals surface area contributed by atoms with Gasteiger partial charge >= 0.3 is 6.09 Å². The van der Waals surface area contributed by atoms with Crippen LogP contribution in [0, 0.1) is 5.92 Å². The molecule has 2 unspecified atom stereocenters. The Hall–Kier alpha value is -2.37. The first-order valence-electron chi connectivity index (χ1n) is 11.1. The lowest BCUT2D eigenvalue weighted by molar-refractivity contribution is 0.0348. The number of benzene rings is 2. The number of hydrogen-bond acceptors (Lipinski definition) is 4. The highest BCUT2D eigenvalue weighted by Gasteiger charge is 2.27. The van der Waals surface area contributed by atoms with E-state index in [1.54, 1.807) is 0 Å². The van der Waals surface area contributed by atoms with Crippen molar-refractivity contribution in [3.63, 3.8) is 0 Å². The van der Waals surface area contributed by atoms with Gasteiger partial charge in [0.2, 0.25) is 0 Å². The molecule has 0 spiro atoms. The van der Waals surface area contributed by atoms with Crippen LogP contribution in [-0.2, 0) is 17.7 Å². The fourth-order valence-electron chi connectivity index (χ4n) is 3.56. The Balaban J connectivity index is 2.13. The zero-order valence-electron chi connectivity index (χ0n) is 19.5. The van der Waals surface area contributed by atoms with E-state index in [9.17, 15) is 9.90 Å². The van der Waals surface area contributed by atoms with Gasteiger partial charge in [-0.3, -0.25) is 4.90 Å². The Kier molecular flexibility index (Phi) is 9.53. The van der Waals surface area contributed by atoms with Crippen LogP contribution in [0.25, 0.3) is 0 Å². The van der Waals surface area contributed by atoms with Crippen molar-refractivity contribution in [2.75, 3.05) is 13.1 Å². The third-order valence-corrected chi connectivity index (χ3v) is 4.78. The van der Waals surface area contributed by atoms with E-state index in [-0.39, 0.29) is 0 Å². The van der Waals surface area contributed by atoms with E-state index in [1.807, 2.05) is 69.3 Å². The number of hydrogen-bond donors (Lipinski definition) is 2. The summed E-state index contributed by atoms with van der Waals surface area (Å²) >= 11 is 0. The van der Waals surface area contributed by atoms with Crippen LogP contribution in [0.3, 0.4) is 0 Å². The number of nitrogens with zero attached hydrogens (tertiary/aromatic N) is 1. The number of rotatable bonds is 10. The molecule has 5 heteroatoms. The molecule has 0 aliphatic heterocycles. The molecule has 31 heavy (non-hydrogen) atoms. The summed E-state index contributed by atoms with van der Waals surface area (Å²) in [6.45, 7) is 11.9. The Labute approximate surface area is 187 Å². The summed E-state index contributed by atoms with van der Waals surface area (Å²) in [4.78, 5) is 14.7. The number of alkyl carbamates (subject to hydrolysis) is 1. The zero-order valence-corrected chi connectivity index (χ0v) is 19.5. The van der Waals surface area contributed by atoms with E-state index in [0.717, 1.165) is 18.7 Å². The van der Waals surface area contributed by atoms with Crippen molar-refractivity contribution >= 4 is 6.09 Å². The minimum Gasteiger partial charge on any atom is -0.444 e. The fourth-order valence-corrected chi connectivity index (χ4v) is 3.56. The van der Waals surface area contributed by atoms with E-state index in [2.05, 4.69) is 36.2 Å². The molecule has 5 nitrogen and oxygen atoms in total. The molecule has 2 N–H and O–H groups in total. The van der Waals surface area contributed by atoms with Gasteiger partial charge in [-0.05, 0) is 44.2 Å². The molecule has 0 saturated heterocycles.